The Morgan fingerprint density at radius 1 is 1.44 bits per heavy atom. The van der Waals surface area contributed by atoms with E-state index in [1.54, 1.807) is 13.8 Å². The fourth-order valence-electron chi connectivity index (χ4n) is 1.84. The summed E-state index contributed by atoms with van der Waals surface area (Å²) < 4.78 is 26.9. The molecule has 0 radical (unpaired) electrons. The Bertz CT molecular complexity index is 465. The fourth-order valence-corrected chi connectivity index (χ4v) is 3.63. The molecule has 2 N–H and O–H groups in total. The molecule has 0 aromatic carbocycles. The number of alkyl halides is 1. The van der Waals surface area contributed by atoms with Crippen LogP contribution in [0.25, 0.3) is 0 Å². The van der Waals surface area contributed by atoms with Gasteiger partial charge >= 0.3 is 0 Å². The summed E-state index contributed by atoms with van der Waals surface area (Å²) in [5.74, 6) is 0.814. The number of nitrogens with one attached hydrogen (secondary N) is 2. The van der Waals surface area contributed by atoms with Crippen LogP contribution in [0.2, 0.25) is 0 Å². The lowest BCUT2D eigenvalue weighted by molar-refractivity contribution is 0.480. The lowest BCUT2D eigenvalue weighted by Gasteiger charge is -2.14. The number of sulfonamides is 1. The average Bonchev–Trinajstić information content (AvgIpc) is 2.65. The summed E-state index contributed by atoms with van der Waals surface area (Å²) >= 11 is 5.68. The van der Waals surface area contributed by atoms with Crippen molar-refractivity contribution in [1.29, 1.82) is 0 Å². The van der Waals surface area contributed by atoms with Crippen molar-refractivity contribution in [3.63, 3.8) is 0 Å². The molecule has 0 aliphatic carbocycles. The molecule has 104 valence electrons. The van der Waals surface area contributed by atoms with Gasteiger partial charge in [-0.05, 0) is 26.2 Å². The molecule has 0 bridgehead atoms. The molecule has 0 aliphatic heterocycles. The number of halogens is 1. The van der Waals surface area contributed by atoms with E-state index >= 15 is 0 Å². The van der Waals surface area contributed by atoms with Gasteiger partial charge in [0.15, 0.2) is 0 Å². The van der Waals surface area contributed by atoms with Gasteiger partial charge < -0.3 is 0 Å². The van der Waals surface area contributed by atoms with Crippen molar-refractivity contribution in [2.45, 2.75) is 38.5 Å². The van der Waals surface area contributed by atoms with Crippen molar-refractivity contribution < 1.29 is 8.42 Å². The molecule has 1 aromatic rings. The van der Waals surface area contributed by atoms with Crippen LogP contribution in [0.5, 0.6) is 0 Å². The molecule has 0 amide bonds. The third kappa shape index (κ3) is 3.70. The zero-order valence-electron chi connectivity index (χ0n) is 11.0. The van der Waals surface area contributed by atoms with Crippen molar-refractivity contribution in [3.8, 4) is 0 Å². The Kier molecular flexibility index (Phi) is 5.62. The first-order chi connectivity index (χ1) is 8.42. The largest absolute Gasteiger partial charge is 0.281 e. The predicted octanol–water partition coefficient (Wildman–Crippen LogP) is 1.96. The molecule has 1 unspecified atom stereocenters. The van der Waals surface area contributed by atoms with Crippen molar-refractivity contribution in [3.05, 3.63) is 11.4 Å². The van der Waals surface area contributed by atoms with E-state index in [0.29, 0.717) is 23.8 Å². The first kappa shape index (κ1) is 15.5. The van der Waals surface area contributed by atoms with E-state index < -0.39 is 10.0 Å². The maximum absolute atomic E-state index is 12.2. The molecule has 0 spiro atoms. The van der Waals surface area contributed by atoms with E-state index in [2.05, 4.69) is 14.9 Å². The number of H-pyrrole nitrogens is 1. The molecule has 1 rings (SSSR count). The van der Waals surface area contributed by atoms with E-state index in [1.807, 2.05) is 6.92 Å². The van der Waals surface area contributed by atoms with E-state index in [1.165, 1.54) is 0 Å². The van der Waals surface area contributed by atoms with Gasteiger partial charge in [-0.15, -0.1) is 11.6 Å². The molecular weight excluding hydrogens is 274 g/mol. The van der Waals surface area contributed by atoms with E-state index in [4.69, 9.17) is 11.6 Å². The highest BCUT2D eigenvalue weighted by molar-refractivity contribution is 7.89. The number of nitrogens with zero attached hydrogens (tertiary/aromatic N) is 1. The van der Waals surface area contributed by atoms with E-state index in [9.17, 15) is 8.42 Å². The summed E-state index contributed by atoms with van der Waals surface area (Å²) in [6.45, 7) is 5.81. The van der Waals surface area contributed by atoms with Crippen LogP contribution in [0.1, 0.15) is 31.2 Å². The highest BCUT2D eigenvalue weighted by Crippen LogP contribution is 2.17. The summed E-state index contributed by atoms with van der Waals surface area (Å²) in [4.78, 5) is 0.253. The van der Waals surface area contributed by atoms with Gasteiger partial charge in [0.05, 0.1) is 11.4 Å². The van der Waals surface area contributed by atoms with Crippen LogP contribution < -0.4 is 4.72 Å². The summed E-state index contributed by atoms with van der Waals surface area (Å²) in [7, 11) is -3.49. The quantitative estimate of drug-likeness (QED) is 0.755. The van der Waals surface area contributed by atoms with Gasteiger partial charge in [-0.3, -0.25) is 5.10 Å². The van der Waals surface area contributed by atoms with Gasteiger partial charge in [0.1, 0.15) is 4.90 Å². The van der Waals surface area contributed by atoms with Gasteiger partial charge in [-0.25, -0.2) is 13.1 Å². The molecule has 0 saturated carbocycles. The van der Waals surface area contributed by atoms with Crippen LogP contribution in [0, 0.1) is 19.8 Å². The third-order valence-electron chi connectivity index (χ3n) is 2.99. The Morgan fingerprint density at radius 2 is 2.11 bits per heavy atom. The van der Waals surface area contributed by atoms with Gasteiger partial charge in [0.2, 0.25) is 10.0 Å². The first-order valence-corrected chi connectivity index (χ1v) is 8.01. The number of hydrogen-bond acceptors (Lipinski definition) is 3. The normalized spacial score (nSPS) is 13.8. The van der Waals surface area contributed by atoms with Crippen molar-refractivity contribution in [2.24, 2.45) is 5.92 Å². The van der Waals surface area contributed by atoms with Crippen LogP contribution >= 0.6 is 11.6 Å². The highest BCUT2D eigenvalue weighted by atomic mass is 35.5. The maximum Gasteiger partial charge on any atom is 0.244 e. The summed E-state index contributed by atoms with van der Waals surface area (Å²) in [5.41, 5.74) is 1.05. The standard InChI is InChI=1S/C11H20ClN3O2S/c1-4-10(5-6-12)7-13-18(16,17)11-8(2)14-15-9(11)3/h10,13H,4-7H2,1-3H3,(H,14,15). The zero-order valence-corrected chi connectivity index (χ0v) is 12.5. The summed E-state index contributed by atoms with van der Waals surface area (Å²) in [6.07, 6.45) is 1.71. The van der Waals surface area contributed by atoms with Crippen LogP contribution in [-0.4, -0.2) is 31.0 Å². The van der Waals surface area contributed by atoms with Crippen LogP contribution in [0.4, 0.5) is 0 Å². The number of rotatable bonds is 7. The maximum atomic E-state index is 12.2. The summed E-state index contributed by atoms with van der Waals surface area (Å²) in [6, 6.07) is 0. The van der Waals surface area contributed by atoms with Crippen molar-refractivity contribution in [2.75, 3.05) is 12.4 Å². The molecule has 0 aliphatic rings. The molecule has 1 aromatic heterocycles. The van der Waals surface area contributed by atoms with Crippen molar-refractivity contribution >= 4 is 21.6 Å². The molecular formula is C11H20ClN3O2S. The Morgan fingerprint density at radius 3 is 2.56 bits per heavy atom. The van der Waals surface area contributed by atoms with Gasteiger partial charge in [-0.1, -0.05) is 13.3 Å². The Labute approximate surface area is 113 Å². The smallest absolute Gasteiger partial charge is 0.244 e. The Hall–Kier alpha value is -0.590. The van der Waals surface area contributed by atoms with Crippen LogP contribution in [-0.2, 0) is 10.0 Å². The topological polar surface area (TPSA) is 74.8 Å². The van der Waals surface area contributed by atoms with Gasteiger partial charge in [0.25, 0.3) is 0 Å². The molecule has 1 heterocycles. The molecule has 0 fully saturated rings. The SMILES string of the molecule is CCC(CCCl)CNS(=O)(=O)c1c(C)n[nH]c1C. The number of hydrogen-bond donors (Lipinski definition) is 2. The molecule has 5 nitrogen and oxygen atoms in total. The minimum atomic E-state index is -3.49. The zero-order chi connectivity index (χ0) is 13.8. The minimum absolute atomic E-state index is 0.253. The highest BCUT2D eigenvalue weighted by Gasteiger charge is 2.22. The second kappa shape index (κ2) is 6.54. The molecule has 18 heavy (non-hydrogen) atoms. The first-order valence-electron chi connectivity index (χ1n) is 5.99. The molecule has 0 saturated heterocycles. The van der Waals surface area contributed by atoms with E-state index in [0.717, 1.165) is 12.8 Å². The van der Waals surface area contributed by atoms with Crippen molar-refractivity contribution in [1.82, 2.24) is 14.9 Å². The predicted molar refractivity (Wildman–Crippen MR) is 72.4 cm³/mol. The summed E-state index contributed by atoms with van der Waals surface area (Å²) in [5, 5.41) is 6.58. The fraction of sp³-hybridized carbons (Fsp3) is 0.727. The monoisotopic (exact) mass is 293 g/mol. The third-order valence-corrected chi connectivity index (χ3v) is 4.89. The second-order valence-corrected chi connectivity index (χ2v) is 6.45. The molecule has 1 atom stereocenters. The van der Waals surface area contributed by atoms with Gasteiger partial charge in [0, 0.05) is 12.4 Å². The molecule has 7 heteroatoms. The number of aromatic amines is 1. The average molecular weight is 294 g/mol. The Balaban J connectivity index is 2.77. The number of aromatic nitrogens is 2. The van der Waals surface area contributed by atoms with Gasteiger partial charge in [-0.2, -0.15) is 5.10 Å². The van der Waals surface area contributed by atoms with E-state index in [-0.39, 0.29) is 10.8 Å². The minimum Gasteiger partial charge on any atom is -0.281 e. The number of aryl methyl sites for hydroxylation is 2. The van der Waals surface area contributed by atoms with Crippen LogP contribution in [0.3, 0.4) is 0 Å². The lowest BCUT2D eigenvalue weighted by atomic mass is 10.0. The van der Waals surface area contributed by atoms with Crippen LogP contribution in [0.15, 0.2) is 4.90 Å². The lowest BCUT2D eigenvalue weighted by Crippen LogP contribution is -2.30. The second-order valence-electron chi connectivity index (χ2n) is 4.37.